The number of nitrogens with one attached hydrogen (secondary N) is 2. The molecule has 6 N–H and O–H groups in total. The molecule has 1 unspecified atom stereocenters. The summed E-state index contributed by atoms with van der Waals surface area (Å²) in [6.45, 7) is 2.44. The van der Waals surface area contributed by atoms with E-state index in [1.165, 1.54) is 6.08 Å². The lowest BCUT2D eigenvalue weighted by atomic mass is 10.1. The van der Waals surface area contributed by atoms with Crippen molar-refractivity contribution in [3.05, 3.63) is 71.8 Å². The first-order valence-electron chi connectivity index (χ1n) is 10.4. The molecule has 3 aromatic carbocycles. The quantitative estimate of drug-likeness (QED) is 0.316. The normalized spacial score (nSPS) is 14.3. The molecule has 0 aliphatic carbocycles. The second-order valence-electron chi connectivity index (χ2n) is 7.54. The van der Waals surface area contributed by atoms with Crippen molar-refractivity contribution in [3.63, 3.8) is 0 Å². The number of nitrogen functional groups attached to an aromatic ring is 2. The van der Waals surface area contributed by atoms with Crippen LogP contribution in [0.25, 0.3) is 6.08 Å². The number of hydrogen-bond donors (Lipinski definition) is 4. The third-order valence-corrected chi connectivity index (χ3v) is 5.12. The highest BCUT2D eigenvalue weighted by Crippen LogP contribution is 2.45. The van der Waals surface area contributed by atoms with E-state index < -0.39 is 0 Å². The number of anilines is 4. The fraction of sp³-hybridized carbons (Fsp3) is 0.160. The molecule has 1 aliphatic rings. The molecule has 0 radical (unpaired) electrons. The number of benzene rings is 3. The van der Waals surface area contributed by atoms with E-state index in [-0.39, 0.29) is 12.2 Å². The largest absolute Gasteiger partial charge is 0.493 e. The molecule has 0 bridgehead atoms. The van der Waals surface area contributed by atoms with Crippen LogP contribution in [0.2, 0.25) is 0 Å². The topological polar surface area (TPSA) is 121 Å². The monoisotopic (exact) mass is 446 g/mol. The fourth-order valence-electron chi connectivity index (χ4n) is 3.39. The lowest BCUT2D eigenvalue weighted by Gasteiger charge is -2.11. The molecule has 0 aromatic heterocycles. The van der Waals surface area contributed by atoms with Gasteiger partial charge in [0.1, 0.15) is 0 Å². The Bertz CT molecular complexity index is 1190. The van der Waals surface area contributed by atoms with Crippen LogP contribution in [0.5, 0.6) is 17.2 Å². The third kappa shape index (κ3) is 5.12. The number of rotatable bonds is 7. The zero-order valence-corrected chi connectivity index (χ0v) is 18.4. The minimum Gasteiger partial charge on any atom is -0.493 e. The molecule has 3 aromatic rings. The Hall–Kier alpha value is -4.33. The van der Waals surface area contributed by atoms with Crippen molar-refractivity contribution in [1.29, 1.82) is 0 Å². The van der Waals surface area contributed by atoms with Gasteiger partial charge in [-0.25, -0.2) is 0 Å². The number of nitrogens with two attached hydrogens (primary N) is 2. The zero-order chi connectivity index (χ0) is 23.4. The van der Waals surface area contributed by atoms with E-state index in [4.69, 9.17) is 25.7 Å². The molecule has 0 saturated heterocycles. The predicted octanol–water partition coefficient (Wildman–Crippen LogP) is 4.24. The van der Waals surface area contributed by atoms with Crippen LogP contribution in [0.3, 0.4) is 0 Å². The van der Waals surface area contributed by atoms with Gasteiger partial charge < -0.3 is 36.3 Å². The highest BCUT2D eigenvalue weighted by molar-refractivity contribution is 6.04. The summed E-state index contributed by atoms with van der Waals surface area (Å²) in [5, 5.41) is 6.10. The molecular weight excluding hydrogens is 420 g/mol. The molecule has 170 valence electrons. The second-order valence-corrected chi connectivity index (χ2v) is 7.54. The second kappa shape index (κ2) is 9.44. The van der Waals surface area contributed by atoms with Crippen molar-refractivity contribution in [1.82, 2.24) is 0 Å². The molecule has 8 heteroatoms. The van der Waals surface area contributed by atoms with Crippen LogP contribution < -0.4 is 36.3 Å². The Kier molecular flexibility index (Phi) is 6.26. The van der Waals surface area contributed by atoms with Crippen LogP contribution in [0.15, 0.2) is 60.7 Å². The van der Waals surface area contributed by atoms with Crippen LogP contribution in [0.4, 0.5) is 22.7 Å². The molecule has 1 aliphatic heterocycles. The van der Waals surface area contributed by atoms with Crippen LogP contribution >= 0.6 is 0 Å². The summed E-state index contributed by atoms with van der Waals surface area (Å²) in [6, 6.07) is 16.8. The molecule has 1 heterocycles. The number of amides is 1. The van der Waals surface area contributed by atoms with E-state index >= 15 is 0 Å². The van der Waals surface area contributed by atoms with Gasteiger partial charge in [0.25, 0.3) is 0 Å². The van der Waals surface area contributed by atoms with Crippen molar-refractivity contribution < 1.29 is 19.0 Å². The van der Waals surface area contributed by atoms with Crippen molar-refractivity contribution >= 4 is 34.7 Å². The van der Waals surface area contributed by atoms with Gasteiger partial charge in [0.05, 0.1) is 24.2 Å². The van der Waals surface area contributed by atoms with Gasteiger partial charge in [-0.1, -0.05) is 30.3 Å². The molecular formula is C25H26N4O4. The minimum absolute atomic E-state index is 0.288. The van der Waals surface area contributed by atoms with Crippen molar-refractivity contribution in [3.8, 4) is 17.2 Å². The summed E-state index contributed by atoms with van der Waals surface area (Å²) in [7, 11) is 1.60. The van der Waals surface area contributed by atoms with Crippen molar-refractivity contribution in [2.24, 2.45) is 0 Å². The SMILES string of the molecule is COc1cc(NCc2ccc(/C=C/C(=O)Nc3cccc(N)c3N)cc2)cc2c1OC(C)O2. The van der Waals surface area contributed by atoms with E-state index in [1.807, 2.05) is 43.3 Å². The third-order valence-electron chi connectivity index (χ3n) is 5.12. The van der Waals surface area contributed by atoms with Crippen LogP contribution in [0.1, 0.15) is 18.1 Å². The molecule has 33 heavy (non-hydrogen) atoms. The van der Waals surface area contributed by atoms with Gasteiger partial charge in [0.2, 0.25) is 17.9 Å². The molecule has 1 amide bonds. The van der Waals surface area contributed by atoms with Crippen LogP contribution in [0, 0.1) is 0 Å². The Morgan fingerprint density at radius 1 is 1.12 bits per heavy atom. The first kappa shape index (κ1) is 21.9. The van der Waals surface area contributed by atoms with Gasteiger partial charge >= 0.3 is 0 Å². The first-order chi connectivity index (χ1) is 15.9. The Morgan fingerprint density at radius 2 is 1.91 bits per heavy atom. The Morgan fingerprint density at radius 3 is 2.67 bits per heavy atom. The summed E-state index contributed by atoms with van der Waals surface area (Å²) in [6.07, 6.45) is 2.85. The molecule has 4 rings (SSSR count). The van der Waals surface area contributed by atoms with Crippen LogP contribution in [-0.4, -0.2) is 19.3 Å². The van der Waals surface area contributed by atoms with Gasteiger partial charge in [-0.15, -0.1) is 0 Å². The van der Waals surface area contributed by atoms with Crippen molar-refractivity contribution in [2.45, 2.75) is 19.8 Å². The number of methoxy groups -OCH3 is 1. The average molecular weight is 447 g/mol. The number of carbonyl (C=O) groups excluding carboxylic acids is 1. The van der Waals surface area contributed by atoms with E-state index in [2.05, 4.69) is 10.6 Å². The molecule has 8 nitrogen and oxygen atoms in total. The van der Waals surface area contributed by atoms with Crippen molar-refractivity contribution in [2.75, 3.05) is 29.2 Å². The number of carbonyl (C=O) groups is 1. The summed E-state index contributed by atoms with van der Waals surface area (Å²) in [5.74, 6) is 1.61. The average Bonchev–Trinajstić information content (AvgIpc) is 3.19. The molecule has 0 saturated carbocycles. The smallest absolute Gasteiger partial charge is 0.248 e. The zero-order valence-electron chi connectivity index (χ0n) is 18.4. The van der Waals surface area contributed by atoms with E-state index in [0.29, 0.717) is 40.9 Å². The summed E-state index contributed by atoms with van der Waals surface area (Å²) < 4.78 is 16.7. The number of hydrogen-bond acceptors (Lipinski definition) is 7. The molecule has 1 atom stereocenters. The van der Waals surface area contributed by atoms with Gasteiger partial charge in [0, 0.05) is 37.4 Å². The molecule has 0 fully saturated rings. The van der Waals surface area contributed by atoms with Gasteiger partial charge in [-0.2, -0.15) is 0 Å². The van der Waals surface area contributed by atoms with Gasteiger partial charge in [-0.3, -0.25) is 4.79 Å². The van der Waals surface area contributed by atoms with E-state index in [1.54, 1.807) is 31.4 Å². The molecule has 0 spiro atoms. The lowest BCUT2D eigenvalue weighted by molar-refractivity contribution is -0.111. The number of para-hydroxylation sites is 1. The van der Waals surface area contributed by atoms with Crippen LogP contribution in [-0.2, 0) is 11.3 Å². The highest BCUT2D eigenvalue weighted by Gasteiger charge is 2.25. The van der Waals surface area contributed by atoms with E-state index in [9.17, 15) is 4.79 Å². The van der Waals surface area contributed by atoms with E-state index in [0.717, 1.165) is 16.8 Å². The Balaban J connectivity index is 1.35. The maximum absolute atomic E-state index is 12.2. The fourth-order valence-corrected chi connectivity index (χ4v) is 3.39. The predicted molar refractivity (Wildman–Crippen MR) is 130 cm³/mol. The Labute approximate surface area is 192 Å². The lowest BCUT2D eigenvalue weighted by Crippen LogP contribution is -2.11. The number of fused-ring (bicyclic) bond motifs is 1. The summed E-state index contributed by atoms with van der Waals surface area (Å²) in [5.41, 5.74) is 15.8. The van der Waals surface area contributed by atoms with Gasteiger partial charge in [0.15, 0.2) is 11.5 Å². The first-order valence-corrected chi connectivity index (χ1v) is 10.4. The maximum Gasteiger partial charge on any atom is 0.248 e. The summed E-state index contributed by atoms with van der Waals surface area (Å²) in [4.78, 5) is 12.2. The van der Waals surface area contributed by atoms with Gasteiger partial charge in [-0.05, 0) is 29.3 Å². The number of ether oxygens (including phenoxy) is 3. The highest BCUT2D eigenvalue weighted by atomic mass is 16.7. The maximum atomic E-state index is 12.2. The summed E-state index contributed by atoms with van der Waals surface area (Å²) >= 11 is 0. The minimum atomic E-state index is -0.338. The standard InChI is InChI=1S/C25H26N4O4/c1-15-32-22-13-18(12-21(31-2)25(22)33-15)28-14-17-8-6-16(7-9-17)10-11-23(30)29-20-5-3-4-19(26)24(20)27/h3-13,15,28H,14,26-27H2,1-2H3,(H,29,30)/b11-10+.